The first-order chi connectivity index (χ1) is 9.99. The fraction of sp³-hybridized carbons (Fsp3) is 0.600. The van der Waals surface area contributed by atoms with Crippen LogP contribution in [0.1, 0.15) is 38.0 Å². The molecule has 0 aromatic carbocycles. The average Bonchev–Trinajstić information content (AvgIpc) is 2.91. The molecule has 0 aliphatic heterocycles. The predicted molar refractivity (Wildman–Crippen MR) is 88.7 cm³/mol. The van der Waals surface area contributed by atoms with Gasteiger partial charge in [-0.05, 0) is 31.2 Å². The van der Waals surface area contributed by atoms with Gasteiger partial charge in [-0.15, -0.1) is 23.1 Å². The second-order valence-corrected chi connectivity index (χ2v) is 7.23. The van der Waals surface area contributed by atoms with Crippen LogP contribution in [0.25, 0.3) is 0 Å². The molecule has 1 amide bonds. The van der Waals surface area contributed by atoms with Crippen molar-refractivity contribution in [2.75, 3.05) is 5.75 Å². The number of carbonyl (C=O) groups is 2. The van der Waals surface area contributed by atoms with Gasteiger partial charge in [0.25, 0.3) is 0 Å². The molecule has 1 rings (SSSR count). The summed E-state index contributed by atoms with van der Waals surface area (Å²) in [6, 6.07) is 4.18. The third kappa shape index (κ3) is 8.12. The molecular weight excluding hydrogens is 306 g/mol. The fourth-order valence-corrected chi connectivity index (χ4v) is 3.56. The summed E-state index contributed by atoms with van der Waals surface area (Å²) in [4.78, 5) is 23.7. The summed E-state index contributed by atoms with van der Waals surface area (Å²) in [5, 5.41) is 13.8. The minimum absolute atomic E-state index is 0.0512. The van der Waals surface area contributed by atoms with Crippen LogP contribution in [0, 0.1) is 5.92 Å². The van der Waals surface area contributed by atoms with Crippen molar-refractivity contribution in [3.63, 3.8) is 0 Å². The summed E-state index contributed by atoms with van der Waals surface area (Å²) >= 11 is 3.32. The van der Waals surface area contributed by atoms with E-state index < -0.39 is 5.97 Å². The highest BCUT2D eigenvalue weighted by Gasteiger charge is 2.12. The average molecular weight is 329 g/mol. The summed E-state index contributed by atoms with van der Waals surface area (Å²) in [7, 11) is 0. The molecule has 0 radical (unpaired) electrons. The maximum absolute atomic E-state index is 11.8. The van der Waals surface area contributed by atoms with Gasteiger partial charge in [0.05, 0.1) is 11.7 Å². The first-order valence-corrected chi connectivity index (χ1v) is 9.14. The number of carboxylic acids is 1. The SMILES string of the molecule is CC(CCCC(C)C(=O)O)NC(=O)CSCc1cccs1. The molecule has 1 heterocycles. The molecule has 0 aliphatic carbocycles. The van der Waals surface area contributed by atoms with E-state index in [2.05, 4.69) is 11.4 Å². The lowest BCUT2D eigenvalue weighted by atomic mass is 10.0. The Morgan fingerprint density at radius 3 is 2.76 bits per heavy atom. The van der Waals surface area contributed by atoms with Gasteiger partial charge < -0.3 is 10.4 Å². The number of aliphatic carboxylic acids is 1. The fourth-order valence-electron chi connectivity index (χ4n) is 1.88. The second kappa shape index (κ2) is 9.84. The summed E-state index contributed by atoms with van der Waals surface area (Å²) in [6.45, 7) is 3.68. The highest BCUT2D eigenvalue weighted by atomic mass is 32.2. The Morgan fingerprint density at radius 2 is 2.14 bits per heavy atom. The van der Waals surface area contributed by atoms with E-state index in [1.807, 2.05) is 18.4 Å². The lowest BCUT2D eigenvalue weighted by Gasteiger charge is -2.14. The normalized spacial score (nSPS) is 13.6. The van der Waals surface area contributed by atoms with E-state index in [0.717, 1.165) is 18.6 Å². The summed E-state index contributed by atoms with van der Waals surface area (Å²) in [5.41, 5.74) is 0. The van der Waals surface area contributed by atoms with Crippen molar-refractivity contribution in [2.45, 2.75) is 44.9 Å². The zero-order chi connectivity index (χ0) is 15.7. The van der Waals surface area contributed by atoms with E-state index in [1.165, 1.54) is 4.88 Å². The largest absolute Gasteiger partial charge is 0.481 e. The van der Waals surface area contributed by atoms with Gasteiger partial charge in [0.2, 0.25) is 5.91 Å². The quantitative estimate of drug-likeness (QED) is 0.690. The van der Waals surface area contributed by atoms with Gasteiger partial charge in [0, 0.05) is 16.7 Å². The van der Waals surface area contributed by atoms with Crippen molar-refractivity contribution in [3.05, 3.63) is 22.4 Å². The Balaban J connectivity index is 2.08. The van der Waals surface area contributed by atoms with Crippen molar-refractivity contribution < 1.29 is 14.7 Å². The number of hydrogen-bond donors (Lipinski definition) is 2. The molecule has 2 atom stereocenters. The van der Waals surface area contributed by atoms with Gasteiger partial charge in [0.1, 0.15) is 0 Å². The van der Waals surface area contributed by atoms with Crippen molar-refractivity contribution >= 4 is 35.0 Å². The smallest absolute Gasteiger partial charge is 0.306 e. The van der Waals surface area contributed by atoms with Crippen molar-refractivity contribution in [1.82, 2.24) is 5.32 Å². The van der Waals surface area contributed by atoms with Crippen LogP contribution in [0.5, 0.6) is 0 Å². The van der Waals surface area contributed by atoms with Gasteiger partial charge in [-0.25, -0.2) is 0 Å². The Labute approximate surface area is 134 Å². The van der Waals surface area contributed by atoms with Crippen molar-refractivity contribution in [3.8, 4) is 0 Å². The number of rotatable bonds is 10. The summed E-state index contributed by atoms with van der Waals surface area (Å²) in [6.07, 6.45) is 2.29. The number of carbonyl (C=O) groups excluding carboxylic acids is 1. The Morgan fingerprint density at radius 1 is 1.38 bits per heavy atom. The van der Waals surface area contributed by atoms with Gasteiger partial charge >= 0.3 is 5.97 Å². The molecule has 0 saturated heterocycles. The van der Waals surface area contributed by atoms with E-state index in [-0.39, 0.29) is 17.9 Å². The standard InChI is InChI=1S/C15H23NO3S2/c1-11(15(18)19)5-3-6-12(2)16-14(17)10-20-9-13-7-4-8-21-13/h4,7-8,11-12H,3,5-6,9-10H2,1-2H3,(H,16,17)(H,18,19). The molecule has 2 unspecified atom stereocenters. The molecule has 0 saturated carbocycles. The van der Waals surface area contributed by atoms with Gasteiger partial charge in [0.15, 0.2) is 0 Å². The van der Waals surface area contributed by atoms with Crippen LogP contribution in [0.3, 0.4) is 0 Å². The zero-order valence-electron chi connectivity index (χ0n) is 12.5. The highest BCUT2D eigenvalue weighted by Crippen LogP contribution is 2.16. The third-order valence-corrected chi connectivity index (χ3v) is 5.20. The molecule has 0 aliphatic rings. The van der Waals surface area contributed by atoms with E-state index in [1.54, 1.807) is 30.0 Å². The number of carboxylic acid groups (broad SMARTS) is 1. The first kappa shape index (κ1) is 18.0. The molecule has 2 N–H and O–H groups in total. The van der Waals surface area contributed by atoms with Crippen molar-refractivity contribution in [1.29, 1.82) is 0 Å². The van der Waals surface area contributed by atoms with Crippen LogP contribution in [0.4, 0.5) is 0 Å². The molecule has 1 aromatic heterocycles. The molecule has 0 bridgehead atoms. The molecule has 0 spiro atoms. The predicted octanol–water partition coefficient (Wildman–Crippen LogP) is 3.38. The van der Waals surface area contributed by atoms with Gasteiger partial charge in [-0.3, -0.25) is 9.59 Å². The summed E-state index contributed by atoms with van der Waals surface area (Å²) < 4.78 is 0. The Hall–Kier alpha value is -1.01. The van der Waals surface area contributed by atoms with E-state index in [9.17, 15) is 9.59 Å². The molecule has 1 aromatic rings. The summed E-state index contributed by atoms with van der Waals surface area (Å²) in [5.74, 6) is 0.324. The molecule has 6 heteroatoms. The maximum atomic E-state index is 11.8. The van der Waals surface area contributed by atoms with Crippen LogP contribution >= 0.6 is 23.1 Å². The van der Waals surface area contributed by atoms with Crippen LogP contribution in [-0.2, 0) is 15.3 Å². The number of amides is 1. The van der Waals surface area contributed by atoms with Crippen LogP contribution in [0.15, 0.2) is 17.5 Å². The molecule has 118 valence electrons. The highest BCUT2D eigenvalue weighted by molar-refractivity contribution is 7.99. The molecule has 0 fully saturated rings. The number of hydrogen-bond acceptors (Lipinski definition) is 4. The van der Waals surface area contributed by atoms with Crippen LogP contribution in [0.2, 0.25) is 0 Å². The number of nitrogens with one attached hydrogen (secondary N) is 1. The van der Waals surface area contributed by atoms with Gasteiger partial charge in [-0.2, -0.15) is 0 Å². The minimum atomic E-state index is -0.753. The molecule has 4 nitrogen and oxygen atoms in total. The van der Waals surface area contributed by atoms with Crippen molar-refractivity contribution in [2.24, 2.45) is 5.92 Å². The van der Waals surface area contributed by atoms with Crippen LogP contribution in [-0.4, -0.2) is 28.8 Å². The van der Waals surface area contributed by atoms with Crippen LogP contribution < -0.4 is 5.32 Å². The Kier molecular flexibility index (Phi) is 8.45. The lowest BCUT2D eigenvalue weighted by molar-refractivity contribution is -0.141. The van der Waals surface area contributed by atoms with E-state index in [4.69, 9.17) is 5.11 Å². The maximum Gasteiger partial charge on any atom is 0.306 e. The second-order valence-electron chi connectivity index (χ2n) is 5.21. The first-order valence-electron chi connectivity index (χ1n) is 7.11. The van der Waals surface area contributed by atoms with E-state index >= 15 is 0 Å². The van der Waals surface area contributed by atoms with Gasteiger partial charge in [-0.1, -0.05) is 19.4 Å². The Bertz CT molecular complexity index is 434. The zero-order valence-corrected chi connectivity index (χ0v) is 14.1. The lowest BCUT2D eigenvalue weighted by Crippen LogP contribution is -2.33. The van der Waals surface area contributed by atoms with E-state index in [0.29, 0.717) is 12.2 Å². The molecule has 21 heavy (non-hydrogen) atoms. The monoisotopic (exact) mass is 329 g/mol. The number of thioether (sulfide) groups is 1. The number of thiophene rings is 1. The third-order valence-electron chi connectivity index (χ3n) is 3.16. The minimum Gasteiger partial charge on any atom is -0.481 e. The molecular formula is C15H23NO3S2. The topological polar surface area (TPSA) is 66.4 Å².